The fourth-order valence-electron chi connectivity index (χ4n) is 0.813. The third-order valence-corrected chi connectivity index (χ3v) is 1.32. The van der Waals surface area contributed by atoms with Crippen molar-refractivity contribution in [1.82, 2.24) is 0 Å². The zero-order valence-electron chi connectivity index (χ0n) is 5.59. The van der Waals surface area contributed by atoms with Gasteiger partial charge in [-0.25, -0.2) is 0 Å². The minimum absolute atomic E-state index is 1.10. The molecule has 0 nitrogen and oxygen atoms in total. The summed E-state index contributed by atoms with van der Waals surface area (Å²) in [5.74, 6) is 0. The van der Waals surface area contributed by atoms with Crippen molar-refractivity contribution in [3.05, 3.63) is 36.5 Å². The molecule has 0 bridgehead atoms. The first-order valence-electron chi connectivity index (χ1n) is 3.45. The van der Waals surface area contributed by atoms with Gasteiger partial charge in [-0.05, 0) is 19.3 Å². The SMILES string of the molecule is C1=CC/C=C\CC=CC1. The van der Waals surface area contributed by atoms with Gasteiger partial charge in [-0.15, -0.1) is 0 Å². The fraction of sp³-hybridized carbons (Fsp3) is 0.333. The van der Waals surface area contributed by atoms with E-state index in [9.17, 15) is 0 Å². The molecular weight excluding hydrogens is 108 g/mol. The van der Waals surface area contributed by atoms with E-state index in [0.29, 0.717) is 0 Å². The lowest BCUT2D eigenvalue weighted by atomic mass is 10.3. The Bertz CT molecular complexity index is 97.6. The summed E-state index contributed by atoms with van der Waals surface area (Å²) in [6, 6.07) is 0. The summed E-state index contributed by atoms with van der Waals surface area (Å²) in [4.78, 5) is 0. The average molecular weight is 120 g/mol. The second-order valence-electron chi connectivity index (χ2n) is 2.12. The Morgan fingerprint density at radius 2 is 0.667 bits per heavy atom. The van der Waals surface area contributed by atoms with Crippen molar-refractivity contribution < 1.29 is 0 Å². The highest BCUT2D eigenvalue weighted by molar-refractivity contribution is 5.02. The Hall–Kier alpha value is -0.780. The standard InChI is InChI=1S/C9H12/c1-2-4-6-8-9-7-5-3-1/h1-2,5-8H,3-4,9H2/b2-1-,7-5?,8-6?. The van der Waals surface area contributed by atoms with Gasteiger partial charge in [-0.1, -0.05) is 36.5 Å². The molecule has 0 aromatic rings. The van der Waals surface area contributed by atoms with Crippen LogP contribution in [0, 0.1) is 0 Å². The molecule has 0 atom stereocenters. The van der Waals surface area contributed by atoms with E-state index in [2.05, 4.69) is 36.5 Å². The molecule has 0 heterocycles. The van der Waals surface area contributed by atoms with Gasteiger partial charge in [0.25, 0.3) is 0 Å². The monoisotopic (exact) mass is 120 g/mol. The smallest absolute Gasteiger partial charge is 0.0169 e. The van der Waals surface area contributed by atoms with Gasteiger partial charge in [0.05, 0.1) is 0 Å². The predicted molar refractivity (Wildman–Crippen MR) is 41.3 cm³/mol. The third-order valence-electron chi connectivity index (χ3n) is 1.32. The molecular formula is C9H12. The first-order valence-corrected chi connectivity index (χ1v) is 3.45. The quantitative estimate of drug-likeness (QED) is 0.431. The molecule has 1 rings (SSSR count). The summed E-state index contributed by atoms with van der Waals surface area (Å²) in [7, 11) is 0. The zero-order valence-corrected chi connectivity index (χ0v) is 5.59. The summed E-state index contributed by atoms with van der Waals surface area (Å²) < 4.78 is 0. The van der Waals surface area contributed by atoms with Crippen LogP contribution in [0.5, 0.6) is 0 Å². The van der Waals surface area contributed by atoms with E-state index >= 15 is 0 Å². The highest BCUT2D eigenvalue weighted by atomic mass is 13.8. The minimum atomic E-state index is 1.10. The second kappa shape index (κ2) is 4.13. The van der Waals surface area contributed by atoms with Crippen LogP contribution in [-0.4, -0.2) is 0 Å². The topological polar surface area (TPSA) is 0 Å². The number of hydrogen-bond acceptors (Lipinski definition) is 0. The molecule has 0 saturated heterocycles. The maximum absolute atomic E-state index is 2.20. The van der Waals surface area contributed by atoms with E-state index in [1.54, 1.807) is 0 Å². The Morgan fingerprint density at radius 1 is 0.444 bits per heavy atom. The maximum atomic E-state index is 2.20. The van der Waals surface area contributed by atoms with E-state index < -0.39 is 0 Å². The number of hydrogen-bond donors (Lipinski definition) is 0. The molecule has 1 aliphatic rings. The van der Waals surface area contributed by atoms with Crippen LogP contribution in [0.1, 0.15) is 19.3 Å². The van der Waals surface area contributed by atoms with Gasteiger partial charge in [-0.2, -0.15) is 0 Å². The predicted octanol–water partition coefficient (Wildman–Crippen LogP) is 2.84. The van der Waals surface area contributed by atoms with Crippen molar-refractivity contribution in [3.8, 4) is 0 Å². The van der Waals surface area contributed by atoms with Crippen molar-refractivity contribution >= 4 is 0 Å². The largest absolute Gasteiger partial charge is 0.0844 e. The van der Waals surface area contributed by atoms with Crippen LogP contribution in [0.15, 0.2) is 36.5 Å². The van der Waals surface area contributed by atoms with Crippen molar-refractivity contribution in [2.75, 3.05) is 0 Å². The minimum Gasteiger partial charge on any atom is -0.0844 e. The summed E-state index contributed by atoms with van der Waals surface area (Å²) in [6.07, 6.45) is 16.5. The van der Waals surface area contributed by atoms with Gasteiger partial charge >= 0.3 is 0 Å². The lowest BCUT2D eigenvalue weighted by molar-refractivity contribution is 1.32. The van der Waals surface area contributed by atoms with Crippen LogP contribution in [-0.2, 0) is 0 Å². The van der Waals surface area contributed by atoms with Gasteiger partial charge in [-0.3, -0.25) is 0 Å². The molecule has 0 aromatic heterocycles. The molecule has 0 amide bonds. The van der Waals surface area contributed by atoms with E-state index in [1.807, 2.05) is 0 Å². The van der Waals surface area contributed by atoms with Gasteiger partial charge in [0.2, 0.25) is 0 Å². The average Bonchev–Trinajstić information content (AvgIpc) is 2.00. The van der Waals surface area contributed by atoms with Crippen LogP contribution in [0.4, 0.5) is 0 Å². The van der Waals surface area contributed by atoms with Gasteiger partial charge < -0.3 is 0 Å². The molecule has 0 unspecified atom stereocenters. The number of rotatable bonds is 0. The van der Waals surface area contributed by atoms with Gasteiger partial charge in [0.15, 0.2) is 0 Å². The van der Waals surface area contributed by atoms with Crippen LogP contribution < -0.4 is 0 Å². The summed E-state index contributed by atoms with van der Waals surface area (Å²) in [5.41, 5.74) is 0. The number of allylic oxidation sites excluding steroid dienone is 6. The molecule has 0 aliphatic heterocycles. The Morgan fingerprint density at radius 3 is 0.889 bits per heavy atom. The molecule has 0 aromatic carbocycles. The van der Waals surface area contributed by atoms with Crippen molar-refractivity contribution in [1.29, 1.82) is 0 Å². The molecule has 0 spiro atoms. The van der Waals surface area contributed by atoms with E-state index in [1.165, 1.54) is 0 Å². The summed E-state index contributed by atoms with van der Waals surface area (Å²) >= 11 is 0. The van der Waals surface area contributed by atoms with E-state index in [0.717, 1.165) is 19.3 Å². The van der Waals surface area contributed by atoms with Crippen molar-refractivity contribution in [2.45, 2.75) is 19.3 Å². The maximum Gasteiger partial charge on any atom is -0.0169 e. The highest BCUT2D eigenvalue weighted by Crippen LogP contribution is 1.97. The van der Waals surface area contributed by atoms with E-state index in [-0.39, 0.29) is 0 Å². The molecule has 0 fully saturated rings. The molecule has 48 valence electrons. The fourth-order valence-corrected chi connectivity index (χ4v) is 0.813. The summed E-state index contributed by atoms with van der Waals surface area (Å²) in [5, 5.41) is 0. The lowest BCUT2D eigenvalue weighted by Crippen LogP contribution is -1.56. The Labute approximate surface area is 56.6 Å². The third kappa shape index (κ3) is 2.91. The molecule has 0 N–H and O–H groups in total. The Balaban J connectivity index is 2.43. The van der Waals surface area contributed by atoms with Crippen molar-refractivity contribution in [2.24, 2.45) is 0 Å². The van der Waals surface area contributed by atoms with Crippen molar-refractivity contribution in [3.63, 3.8) is 0 Å². The molecule has 0 saturated carbocycles. The zero-order chi connectivity index (χ0) is 6.36. The Kier molecular flexibility index (Phi) is 2.91. The first kappa shape index (κ1) is 6.34. The molecule has 0 heteroatoms. The van der Waals surface area contributed by atoms with Gasteiger partial charge in [0, 0.05) is 0 Å². The highest BCUT2D eigenvalue weighted by Gasteiger charge is 1.76. The van der Waals surface area contributed by atoms with E-state index in [4.69, 9.17) is 0 Å². The molecule has 9 heavy (non-hydrogen) atoms. The molecule has 0 radical (unpaired) electrons. The van der Waals surface area contributed by atoms with Crippen LogP contribution in [0.3, 0.4) is 0 Å². The van der Waals surface area contributed by atoms with Crippen LogP contribution in [0.2, 0.25) is 0 Å². The lowest BCUT2D eigenvalue weighted by Gasteiger charge is -1.76. The van der Waals surface area contributed by atoms with Crippen LogP contribution in [0.25, 0.3) is 0 Å². The molecule has 1 aliphatic carbocycles. The normalized spacial score (nSPS) is 22.2. The van der Waals surface area contributed by atoms with Crippen LogP contribution >= 0.6 is 0 Å². The second-order valence-corrected chi connectivity index (χ2v) is 2.12. The van der Waals surface area contributed by atoms with Gasteiger partial charge in [0.1, 0.15) is 0 Å². The first-order chi connectivity index (χ1) is 4.50. The summed E-state index contributed by atoms with van der Waals surface area (Å²) in [6.45, 7) is 0.